The van der Waals surface area contributed by atoms with E-state index in [0.29, 0.717) is 30.1 Å². The number of carboxylic acid groups (broad SMARTS) is 1. The van der Waals surface area contributed by atoms with Gasteiger partial charge in [-0.25, -0.2) is 4.79 Å². The van der Waals surface area contributed by atoms with Crippen LogP contribution < -0.4 is 0 Å². The number of carbonyl (C=O) groups excluding carboxylic acids is 1. The highest BCUT2D eigenvalue weighted by Crippen LogP contribution is 2.62. The minimum atomic E-state index is -1.04. The molecule has 2 aliphatic rings. The maximum atomic E-state index is 11.2. The Hall–Kier alpha value is -1.38. The van der Waals surface area contributed by atoms with Crippen LogP contribution in [-0.4, -0.2) is 17.4 Å². The summed E-state index contributed by atoms with van der Waals surface area (Å²) in [5.41, 5.74) is 2.13. The smallest absolute Gasteiger partial charge is 0.328 e. The predicted molar refractivity (Wildman–Crippen MR) is 92.1 cm³/mol. The third-order valence-electron chi connectivity index (χ3n) is 6.98. The van der Waals surface area contributed by atoms with Gasteiger partial charge < -0.3 is 5.11 Å². The first-order chi connectivity index (χ1) is 10.7. The van der Waals surface area contributed by atoms with Crippen molar-refractivity contribution in [1.82, 2.24) is 0 Å². The summed E-state index contributed by atoms with van der Waals surface area (Å²) >= 11 is 0. The van der Waals surface area contributed by atoms with Gasteiger partial charge in [0.05, 0.1) is 0 Å². The maximum absolute atomic E-state index is 11.2. The number of allylic oxidation sites excluding steroid dienone is 2. The van der Waals surface area contributed by atoms with Crippen LogP contribution in [0.15, 0.2) is 23.8 Å². The van der Waals surface area contributed by atoms with E-state index >= 15 is 0 Å². The molecule has 2 fully saturated rings. The number of carboxylic acids is 1. The van der Waals surface area contributed by atoms with Crippen LogP contribution in [0.2, 0.25) is 0 Å². The Bertz CT molecular complexity index is 533. The molecular weight excluding hydrogens is 288 g/mol. The lowest BCUT2D eigenvalue weighted by Gasteiger charge is -2.59. The topological polar surface area (TPSA) is 54.4 Å². The van der Waals surface area contributed by atoms with Crippen LogP contribution in [0.1, 0.15) is 65.7 Å². The second-order valence-electron chi connectivity index (χ2n) is 8.09. The van der Waals surface area contributed by atoms with Crippen molar-refractivity contribution in [3.8, 4) is 0 Å². The number of fused-ring (bicyclic) bond motifs is 1. The lowest BCUT2D eigenvalue weighted by atomic mass is 9.46. The van der Waals surface area contributed by atoms with E-state index in [-0.39, 0.29) is 10.8 Å². The highest BCUT2D eigenvalue weighted by Gasteiger charge is 2.53. The van der Waals surface area contributed by atoms with Crippen LogP contribution in [0, 0.1) is 22.7 Å². The summed E-state index contributed by atoms with van der Waals surface area (Å²) in [5, 5.41) is 8.88. The van der Waals surface area contributed by atoms with Gasteiger partial charge in [0.2, 0.25) is 0 Å². The van der Waals surface area contributed by atoms with Crippen molar-refractivity contribution in [2.24, 2.45) is 22.7 Å². The monoisotopic (exact) mass is 318 g/mol. The molecule has 3 nitrogen and oxygen atoms in total. The third-order valence-corrected chi connectivity index (χ3v) is 6.98. The van der Waals surface area contributed by atoms with Gasteiger partial charge in [-0.1, -0.05) is 32.9 Å². The van der Waals surface area contributed by atoms with E-state index in [0.717, 1.165) is 18.9 Å². The highest BCUT2D eigenvalue weighted by molar-refractivity contribution is 5.88. The first kappa shape index (κ1) is 18.0. The average Bonchev–Trinajstić information content (AvgIpc) is 2.50. The van der Waals surface area contributed by atoms with Crippen molar-refractivity contribution >= 4 is 12.3 Å². The molecule has 128 valence electrons. The fourth-order valence-corrected chi connectivity index (χ4v) is 5.13. The van der Waals surface area contributed by atoms with E-state index in [4.69, 9.17) is 5.11 Å². The lowest BCUT2D eigenvalue weighted by Crippen LogP contribution is -2.50. The second-order valence-corrected chi connectivity index (χ2v) is 8.09. The van der Waals surface area contributed by atoms with Gasteiger partial charge in [0, 0.05) is 6.08 Å². The molecule has 2 aliphatic carbocycles. The number of aldehydes is 1. The van der Waals surface area contributed by atoms with Crippen molar-refractivity contribution < 1.29 is 14.7 Å². The molecule has 0 amide bonds. The molecule has 0 bridgehead atoms. The van der Waals surface area contributed by atoms with Crippen molar-refractivity contribution in [1.29, 1.82) is 0 Å². The van der Waals surface area contributed by atoms with E-state index in [1.54, 1.807) is 0 Å². The summed E-state index contributed by atoms with van der Waals surface area (Å²) in [7, 11) is 0. The first-order valence-electron chi connectivity index (χ1n) is 8.81. The highest BCUT2D eigenvalue weighted by atomic mass is 16.4. The Morgan fingerprint density at radius 3 is 2.70 bits per heavy atom. The molecule has 0 spiro atoms. The van der Waals surface area contributed by atoms with Gasteiger partial charge in [0.15, 0.2) is 0 Å². The molecule has 3 heteroatoms. The Morgan fingerprint density at radius 1 is 1.39 bits per heavy atom. The Morgan fingerprint density at radius 2 is 2.09 bits per heavy atom. The minimum absolute atomic E-state index is 0.136. The van der Waals surface area contributed by atoms with Gasteiger partial charge in [0.25, 0.3) is 0 Å². The van der Waals surface area contributed by atoms with Crippen LogP contribution in [-0.2, 0) is 9.59 Å². The zero-order valence-corrected chi connectivity index (χ0v) is 14.7. The number of rotatable bonds is 5. The molecule has 2 rings (SSSR count). The van der Waals surface area contributed by atoms with Crippen molar-refractivity contribution in [3.05, 3.63) is 23.8 Å². The Labute approximate surface area is 139 Å². The standard InChI is InChI=1S/C20H30O3/c1-14-6-5-7-17-19(14,3)10-8-15(2)20(17,4)11-9-16(13-21)12-18(22)23/h12-13,15,17H,1,5-11H2,2-4H3,(H,22,23)/b16-12+/t15-,17+,19+,20+/m1/s1. The molecule has 0 heterocycles. The Balaban J connectivity index is 2.24. The summed E-state index contributed by atoms with van der Waals surface area (Å²) in [6.45, 7) is 11.4. The summed E-state index contributed by atoms with van der Waals surface area (Å²) in [4.78, 5) is 22.0. The molecule has 0 aliphatic heterocycles. The van der Waals surface area contributed by atoms with Gasteiger partial charge in [-0.15, -0.1) is 0 Å². The van der Waals surface area contributed by atoms with Crippen LogP contribution in [0.25, 0.3) is 0 Å². The Kier molecular flexibility index (Phi) is 5.17. The van der Waals surface area contributed by atoms with E-state index < -0.39 is 5.97 Å². The number of hydrogen-bond donors (Lipinski definition) is 1. The molecule has 2 saturated carbocycles. The lowest BCUT2D eigenvalue weighted by molar-refractivity contribution is -0.131. The predicted octanol–water partition coefficient (Wildman–Crippen LogP) is 4.78. The van der Waals surface area contributed by atoms with Crippen molar-refractivity contribution in [3.63, 3.8) is 0 Å². The molecule has 0 aromatic carbocycles. The van der Waals surface area contributed by atoms with Crippen molar-refractivity contribution in [2.45, 2.75) is 65.7 Å². The molecule has 0 radical (unpaired) electrons. The maximum Gasteiger partial charge on any atom is 0.328 e. The van der Waals surface area contributed by atoms with Crippen LogP contribution in [0.5, 0.6) is 0 Å². The SMILES string of the molecule is C=C1CCC[C@@H]2[C@@](C)(CC/C(C=O)=C\C(=O)O)[C@H](C)CC[C@@]12C. The normalized spacial score (nSPS) is 38.0. The molecule has 23 heavy (non-hydrogen) atoms. The number of aliphatic carboxylic acids is 1. The van der Waals surface area contributed by atoms with Gasteiger partial charge >= 0.3 is 5.97 Å². The van der Waals surface area contributed by atoms with E-state index in [9.17, 15) is 9.59 Å². The van der Waals surface area contributed by atoms with E-state index in [1.807, 2.05) is 0 Å². The number of carbonyl (C=O) groups is 2. The average molecular weight is 318 g/mol. The molecule has 0 unspecified atom stereocenters. The fraction of sp³-hybridized carbons (Fsp3) is 0.700. The first-order valence-corrected chi connectivity index (χ1v) is 8.81. The molecular formula is C20H30O3. The summed E-state index contributed by atoms with van der Waals surface area (Å²) < 4.78 is 0. The van der Waals surface area contributed by atoms with Crippen LogP contribution in [0.4, 0.5) is 0 Å². The van der Waals surface area contributed by atoms with E-state index in [1.165, 1.54) is 31.3 Å². The van der Waals surface area contributed by atoms with Gasteiger partial charge in [-0.05, 0) is 73.2 Å². The molecule has 0 aromatic rings. The van der Waals surface area contributed by atoms with E-state index in [2.05, 4.69) is 27.4 Å². The minimum Gasteiger partial charge on any atom is -0.478 e. The van der Waals surface area contributed by atoms with Gasteiger partial charge in [-0.2, -0.15) is 0 Å². The number of hydrogen-bond acceptors (Lipinski definition) is 2. The molecule has 4 atom stereocenters. The molecule has 1 N–H and O–H groups in total. The van der Waals surface area contributed by atoms with Crippen molar-refractivity contribution in [2.75, 3.05) is 0 Å². The second kappa shape index (κ2) is 6.62. The van der Waals surface area contributed by atoms with Crippen LogP contribution in [0.3, 0.4) is 0 Å². The molecule has 0 saturated heterocycles. The summed E-state index contributed by atoms with van der Waals surface area (Å²) in [5.74, 6) is 0.131. The largest absolute Gasteiger partial charge is 0.478 e. The summed E-state index contributed by atoms with van der Waals surface area (Å²) in [6.07, 6.45) is 9.13. The quantitative estimate of drug-likeness (QED) is 0.451. The molecule has 0 aromatic heterocycles. The zero-order valence-electron chi connectivity index (χ0n) is 14.7. The fourth-order valence-electron chi connectivity index (χ4n) is 5.13. The van der Waals surface area contributed by atoms with Gasteiger partial charge in [-0.3, -0.25) is 4.79 Å². The zero-order chi connectivity index (χ0) is 17.3. The van der Waals surface area contributed by atoms with Gasteiger partial charge in [0.1, 0.15) is 6.29 Å². The third kappa shape index (κ3) is 3.29. The summed E-state index contributed by atoms with van der Waals surface area (Å²) in [6, 6.07) is 0. The van der Waals surface area contributed by atoms with Crippen LogP contribution >= 0.6 is 0 Å².